The van der Waals surface area contributed by atoms with Crippen LogP contribution in [0.2, 0.25) is 0 Å². The Bertz CT molecular complexity index is 385. The molecule has 0 saturated carbocycles. The Morgan fingerprint density at radius 1 is 1.28 bits per heavy atom. The van der Waals surface area contributed by atoms with E-state index >= 15 is 0 Å². The van der Waals surface area contributed by atoms with E-state index in [9.17, 15) is 4.79 Å². The number of rotatable bonds is 4. The van der Waals surface area contributed by atoms with Gasteiger partial charge >= 0.3 is 0 Å². The molecule has 1 aliphatic rings. The van der Waals surface area contributed by atoms with Gasteiger partial charge in [0.1, 0.15) is 0 Å². The molecule has 0 amide bonds. The molecular weight excluding hydrogens is 224 g/mol. The van der Waals surface area contributed by atoms with Gasteiger partial charge in [0, 0.05) is 11.6 Å². The van der Waals surface area contributed by atoms with Gasteiger partial charge in [0.25, 0.3) is 0 Å². The minimum atomic E-state index is -0.0458. The number of benzene rings is 1. The lowest BCUT2D eigenvalue weighted by Crippen LogP contribution is -2.47. The highest BCUT2D eigenvalue weighted by Gasteiger charge is 2.26. The molecule has 0 aromatic heterocycles. The van der Waals surface area contributed by atoms with E-state index < -0.39 is 0 Å². The first-order valence-electron chi connectivity index (χ1n) is 6.72. The second-order valence-electron chi connectivity index (χ2n) is 5.05. The second kappa shape index (κ2) is 6.12. The van der Waals surface area contributed by atoms with Crippen molar-refractivity contribution in [1.82, 2.24) is 10.2 Å². The SMILES string of the molecule is CC(C(=O)c1ccccc1)N(C)C1CCNCC1. The molecule has 3 nitrogen and oxygen atoms in total. The van der Waals surface area contributed by atoms with Crippen LogP contribution in [0.25, 0.3) is 0 Å². The molecule has 0 bridgehead atoms. The Morgan fingerprint density at radius 2 is 1.89 bits per heavy atom. The van der Waals surface area contributed by atoms with Crippen LogP contribution in [-0.2, 0) is 0 Å². The summed E-state index contributed by atoms with van der Waals surface area (Å²) in [6, 6.07) is 10.1. The number of carbonyl (C=O) groups is 1. The number of carbonyl (C=O) groups excluding carboxylic acids is 1. The third-order valence-electron chi connectivity index (χ3n) is 3.93. The number of Topliss-reactive ketones (excluding diaryl/α,β-unsaturated/α-hetero) is 1. The van der Waals surface area contributed by atoms with Gasteiger partial charge in [0.05, 0.1) is 6.04 Å². The Morgan fingerprint density at radius 3 is 2.50 bits per heavy atom. The smallest absolute Gasteiger partial charge is 0.179 e. The summed E-state index contributed by atoms with van der Waals surface area (Å²) in [5.74, 6) is 0.219. The molecule has 2 rings (SSSR count). The maximum absolute atomic E-state index is 12.4. The average Bonchev–Trinajstić information content (AvgIpc) is 2.47. The van der Waals surface area contributed by atoms with Gasteiger partial charge in [-0.25, -0.2) is 0 Å². The van der Waals surface area contributed by atoms with Crippen molar-refractivity contribution in [2.24, 2.45) is 0 Å². The largest absolute Gasteiger partial charge is 0.317 e. The first-order chi connectivity index (χ1) is 8.70. The number of hydrogen-bond acceptors (Lipinski definition) is 3. The van der Waals surface area contributed by atoms with E-state index in [4.69, 9.17) is 0 Å². The summed E-state index contributed by atoms with van der Waals surface area (Å²) in [6.07, 6.45) is 2.26. The van der Waals surface area contributed by atoms with Gasteiger partial charge in [-0.2, -0.15) is 0 Å². The first kappa shape index (κ1) is 13.2. The van der Waals surface area contributed by atoms with Crippen LogP contribution in [0.3, 0.4) is 0 Å². The lowest BCUT2D eigenvalue weighted by Gasteiger charge is -2.35. The fourth-order valence-electron chi connectivity index (χ4n) is 2.56. The Labute approximate surface area is 109 Å². The van der Waals surface area contributed by atoms with Crippen LogP contribution in [0.5, 0.6) is 0 Å². The van der Waals surface area contributed by atoms with E-state index in [0.717, 1.165) is 31.5 Å². The minimum Gasteiger partial charge on any atom is -0.317 e. The molecular formula is C15H22N2O. The first-order valence-corrected chi connectivity index (χ1v) is 6.72. The van der Waals surface area contributed by atoms with Crippen molar-refractivity contribution in [3.8, 4) is 0 Å². The Hall–Kier alpha value is -1.19. The minimum absolute atomic E-state index is 0.0458. The number of hydrogen-bond donors (Lipinski definition) is 1. The monoisotopic (exact) mass is 246 g/mol. The highest BCUT2D eigenvalue weighted by atomic mass is 16.1. The summed E-state index contributed by atoms with van der Waals surface area (Å²) in [6.45, 7) is 4.12. The topological polar surface area (TPSA) is 32.3 Å². The van der Waals surface area contributed by atoms with Crippen LogP contribution < -0.4 is 5.32 Å². The maximum Gasteiger partial charge on any atom is 0.179 e. The Kier molecular flexibility index (Phi) is 4.50. The van der Waals surface area contributed by atoms with Crippen LogP contribution >= 0.6 is 0 Å². The molecule has 1 unspecified atom stereocenters. The number of piperidine rings is 1. The van der Waals surface area contributed by atoms with Crippen molar-refractivity contribution < 1.29 is 4.79 Å². The molecule has 0 aliphatic carbocycles. The molecule has 1 aromatic carbocycles. The Balaban J connectivity index is 2.01. The molecule has 1 fully saturated rings. The fraction of sp³-hybridized carbons (Fsp3) is 0.533. The zero-order valence-corrected chi connectivity index (χ0v) is 11.2. The van der Waals surface area contributed by atoms with Gasteiger partial charge in [0.2, 0.25) is 0 Å². The van der Waals surface area contributed by atoms with Crippen LogP contribution in [0, 0.1) is 0 Å². The van der Waals surface area contributed by atoms with E-state index in [-0.39, 0.29) is 11.8 Å². The summed E-state index contributed by atoms with van der Waals surface area (Å²) in [5.41, 5.74) is 0.811. The zero-order valence-electron chi connectivity index (χ0n) is 11.2. The maximum atomic E-state index is 12.4. The van der Waals surface area contributed by atoms with Crippen molar-refractivity contribution in [3.63, 3.8) is 0 Å². The van der Waals surface area contributed by atoms with Crippen molar-refractivity contribution in [2.45, 2.75) is 31.8 Å². The van der Waals surface area contributed by atoms with E-state index in [1.165, 1.54) is 0 Å². The predicted octanol–water partition coefficient (Wildman–Crippen LogP) is 1.94. The average molecular weight is 246 g/mol. The van der Waals surface area contributed by atoms with Crippen molar-refractivity contribution in [1.29, 1.82) is 0 Å². The van der Waals surface area contributed by atoms with Crippen LogP contribution in [0.1, 0.15) is 30.1 Å². The van der Waals surface area contributed by atoms with Gasteiger partial charge in [0.15, 0.2) is 5.78 Å². The van der Waals surface area contributed by atoms with Crippen LogP contribution in [-0.4, -0.2) is 42.9 Å². The molecule has 1 heterocycles. The normalized spacial score (nSPS) is 18.8. The van der Waals surface area contributed by atoms with Gasteiger partial charge in [-0.15, -0.1) is 0 Å². The van der Waals surface area contributed by atoms with Gasteiger partial charge in [-0.1, -0.05) is 30.3 Å². The molecule has 1 atom stereocenters. The molecule has 3 heteroatoms. The lowest BCUT2D eigenvalue weighted by molar-refractivity contribution is 0.0786. The summed E-state index contributed by atoms with van der Waals surface area (Å²) in [4.78, 5) is 14.6. The summed E-state index contributed by atoms with van der Waals surface area (Å²) in [7, 11) is 2.07. The summed E-state index contributed by atoms with van der Waals surface area (Å²) < 4.78 is 0. The lowest BCUT2D eigenvalue weighted by atomic mass is 9.99. The third kappa shape index (κ3) is 2.98. The van der Waals surface area contributed by atoms with Gasteiger partial charge < -0.3 is 5.32 Å². The van der Waals surface area contributed by atoms with Crippen molar-refractivity contribution >= 4 is 5.78 Å². The van der Waals surface area contributed by atoms with E-state index in [0.29, 0.717) is 6.04 Å². The number of nitrogens with one attached hydrogen (secondary N) is 1. The van der Waals surface area contributed by atoms with E-state index in [1.807, 2.05) is 37.3 Å². The molecule has 98 valence electrons. The second-order valence-corrected chi connectivity index (χ2v) is 5.05. The van der Waals surface area contributed by atoms with Crippen molar-refractivity contribution in [3.05, 3.63) is 35.9 Å². The van der Waals surface area contributed by atoms with Gasteiger partial charge in [-0.3, -0.25) is 9.69 Å². The number of ketones is 1. The highest BCUT2D eigenvalue weighted by Crippen LogP contribution is 2.16. The molecule has 18 heavy (non-hydrogen) atoms. The fourth-order valence-corrected chi connectivity index (χ4v) is 2.56. The standard InChI is InChI=1S/C15H22N2O/c1-12(15(18)13-6-4-3-5-7-13)17(2)14-8-10-16-11-9-14/h3-7,12,14,16H,8-11H2,1-2H3. The molecule has 1 aromatic rings. The quantitative estimate of drug-likeness (QED) is 0.824. The molecule has 1 N–H and O–H groups in total. The van der Waals surface area contributed by atoms with E-state index in [2.05, 4.69) is 17.3 Å². The third-order valence-corrected chi connectivity index (χ3v) is 3.93. The van der Waals surface area contributed by atoms with Crippen molar-refractivity contribution in [2.75, 3.05) is 20.1 Å². The number of nitrogens with zero attached hydrogens (tertiary/aromatic N) is 1. The predicted molar refractivity (Wildman–Crippen MR) is 73.9 cm³/mol. The molecule has 0 spiro atoms. The summed E-state index contributed by atoms with van der Waals surface area (Å²) >= 11 is 0. The summed E-state index contributed by atoms with van der Waals surface area (Å²) in [5, 5.41) is 3.36. The molecule has 1 aliphatic heterocycles. The van der Waals surface area contributed by atoms with Crippen LogP contribution in [0.4, 0.5) is 0 Å². The highest BCUT2D eigenvalue weighted by molar-refractivity contribution is 5.99. The zero-order chi connectivity index (χ0) is 13.0. The molecule has 0 radical (unpaired) electrons. The molecule has 1 saturated heterocycles. The van der Waals surface area contributed by atoms with Crippen LogP contribution in [0.15, 0.2) is 30.3 Å². The van der Waals surface area contributed by atoms with Gasteiger partial charge in [-0.05, 0) is 39.9 Å². The van der Waals surface area contributed by atoms with E-state index in [1.54, 1.807) is 0 Å². The number of likely N-dealkylation sites (N-methyl/N-ethyl adjacent to an activating group) is 1.